The number of allylic oxidation sites excluding steroid dienone is 1. The Bertz CT molecular complexity index is 1110. The second kappa shape index (κ2) is 8.77. The number of fused-ring (bicyclic) bond motifs is 1. The van der Waals surface area contributed by atoms with Crippen molar-refractivity contribution in [2.75, 3.05) is 19.0 Å². The highest BCUT2D eigenvalue weighted by Gasteiger charge is 2.51. The van der Waals surface area contributed by atoms with Crippen molar-refractivity contribution in [1.82, 2.24) is 4.90 Å². The first kappa shape index (κ1) is 22.1. The minimum absolute atomic E-state index is 0.00522. The van der Waals surface area contributed by atoms with Crippen molar-refractivity contribution < 1.29 is 24.5 Å². The van der Waals surface area contributed by atoms with Crippen LogP contribution >= 0.6 is 11.8 Å². The van der Waals surface area contributed by atoms with Crippen LogP contribution in [0.25, 0.3) is 0 Å². The zero-order valence-corrected chi connectivity index (χ0v) is 18.7. The number of aliphatic hydroxyl groups is 1. The molecule has 7 nitrogen and oxygen atoms in total. The van der Waals surface area contributed by atoms with Crippen LogP contribution in [0.5, 0.6) is 17.2 Å². The van der Waals surface area contributed by atoms with Gasteiger partial charge in [-0.1, -0.05) is 18.2 Å². The van der Waals surface area contributed by atoms with E-state index < -0.39 is 11.6 Å². The zero-order valence-electron chi connectivity index (χ0n) is 17.9. The Morgan fingerprint density at radius 1 is 1.19 bits per heavy atom. The van der Waals surface area contributed by atoms with E-state index >= 15 is 0 Å². The minimum Gasteiger partial charge on any atom is -0.504 e. The number of nitrogens with zero attached hydrogens (tertiary/aromatic N) is 2. The number of amides is 1. The maximum absolute atomic E-state index is 13.3. The molecule has 2 atom stereocenters. The summed E-state index contributed by atoms with van der Waals surface area (Å²) < 4.78 is 10.9. The molecule has 2 heterocycles. The highest BCUT2D eigenvalue weighted by atomic mass is 32.2. The van der Waals surface area contributed by atoms with Gasteiger partial charge >= 0.3 is 0 Å². The van der Waals surface area contributed by atoms with Crippen molar-refractivity contribution in [2.24, 2.45) is 0 Å². The second-order valence-electron chi connectivity index (χ2n) is 7.54. The monoisotopic (exact) mass is 452 g/mol. The molecule has 4 rings (SSSR count). The molecule has 0 spiro atoms. The van der Waals surface area contributed by atoms with E-state index in [1.54, 1.807) is 36.4 Å². The van der Waals surface area contributed by atoms with Crippen molar-refractivity contribution in [3.8, 4) is 23.3 Å². The second-order valence-corrected chi connectivity index (χ2v) is 8.50. The van der Waals surface area contributed by atoms with Crippen molar-refractivity contribution in [2.45, 2.75) is 31.9 Å². The van der Waals surface area contributed by atoms with Gasteiger partial charge in [-0.2, -0.15) is 5.26 Å². The first-order chi connectivity index (χ1) is 15.4. The Balaban J connectivity index is 1.73. The predicted molar refractivity (Wildman–Crippen MR) is 120 cm³/mol. The van der Waals surface area contributed by atoms with Gasteiger partial charge in [0.15, 0.2) is 17.2 Å². The van der Waals surface area contributed by atoms with Gasteiger partial charge < -0.3 is 19.7 Å². The predicted octanol–water partition coefficient (Wildman–Crippen LogP) is 3.83. The van der Waals surface area contributed by atoms with Crippen LogP contribution in [-0.4, -0.2) is 40.0 Å². The van der Waals surface area contributed by atoms with E-state index in [1.165, 1.54) is 22.7 Å². The molecule has 166 valence electrons. The summed E-state index contributed by atoms with van der Waals surface area (Å²) in [5.41, 5.74) is 0.154. The van der Waals surface area contributed by atoms with Crippen molar-refractivity contribution in [3.63, 3.8) is 0 Å². The zero-order chi connectivity index (χ0) is 22.9. The Hall–Kier alpha value is -3.15. The van der Waals surface area contributed by atoms with Gasteiger partial charge in [0.2, 0.25) is 5.91 Å². The molecule has 2 aliphatic heterocycles. The first-order valence-corrected chi connectivity index (χ1v) is 11.4. The van der Waals surface area contributed by atoms with Gasteiger partial charge in [-0.05, 0) is 43.7 Å². The number of hydrogen-bond acceptors (Lipinski definition) is 7. The number of hydrogen-bond donors (Lipinski definition) is 2. The molecule has 0 aromatic heterocycles. The van der Waals surface area contributed by atoms with Crippen LogP contribution in [0, 0.1) is 11.3 Å². The lowest BCUT2D eigenvalue weighted by molar-refractivity contribution is -0.149. The number of phenols is 1. The van der Waals surface area contributed by atoms with Crippen LogP contribution in [0.4, 0.5) is 0 Å². The number of rotatable bonds is 6. The Morgan fingerprint density at radius 2 is 1.91 bits per heavy atom. The van der Waals surface area contributed by atoms with Crippen LogP contribution in [-0.2, 0) is 10.5 Å². The summed E-state index contributed by atoms with van der Waals surface area (Å²) in [5, 5.41) is 32.0. The van der Waals surface area contributed by atoms with Gasteiger partial charge in [0.1, 0.15) is 5.75 Å². The number of phenolic OH excluding ortho intramolecular Hbond substituents is 1. The van der Waals surface area contributed by atoms with Gasteiger partial charge in [-0.3, -0.25) is 9.69 Å². The van der Waals surface area contributed by atoms with Gasteiger partial charge in [0.05, 0.1) is 35.6 Å². The molecule has 1 saturated heterocycles. The third-order valence-electron chi connectivity index (χ3n) is 5.62. The van der Waals surface area contributed by atoms with Crippen LogP contribution in [0.15, 0.2) is 53.1 Å². The highest BCUT2D eigenvalue weighted by Crippen LogP contribution is 2.52. The lowest BCUT2D eigenvalue weighted by Gasteiger charge is -2.38. The van der Waals surface area contributed by atoms with E-state index in [0.717, 1.165) is 0 Å². The molecule has 0 saturated carbocycles. The Morgan fingerprint density at radius 3 is 2.56 bits per heavy atom. The summed E-state index contributed by atoms with van der Waals surface area (Å²) in [5.74, 6) is 0.476. The van der Waals surface area contributed by atoms with Gasteiger partial charge in [0.25, 0.3) is 0 Å². The van der Waals surface area contributed by atoms with Crippen molar-refractivity contribution >= 4 is 17.7 Å². The number of benzene rings is 2. The fourth-order valence-electron chi connectivity index (χ4n) is 4.13. The van der Waals surface area contributed by atoms with E-state index in [4.69, 9.17) is 9.47 Å². The maximum atomic E-state index is 13.3. The summed E-state index contributed by atoms with van der Waals surface area (Å²) in [6, 6.07) is 14.1. The number of aromatic hydroxyl groups is 1. The summed E-state index contributed by atoms with van der Waals surface area (Å²) in [7, 11) is 0. The topological polar surface area (TPSA) is 103 Å². The number of thioether (sulfide) groups is 1. The molecule has 0 radical (unpaired) electrons. The maximum Gasteiger partial charge on any atom is 0.231 e. The first-order valence-electron chi connectivity index (χ1n) is 10.4. The molecule has 1 fully saturated rings. The van der Waals surface area contributed by atoms with Crippen LogP contribution in [0.1, 0.15) is 37.3 Å². The van der Waals surface area contributed by atoms with E-state index in [9.17, 15) is 20.3 Å². The van der Waals surface area contributed by atoms with E-state index in [2.05, 4.69) is 6.07 Å². The lowest BCUT2D eigenvalue weighted by atomic mass is 9.85. The molecule has 2 aromatic rings. The van der Waals surface area contributed by atoms with Gasteiger partial charge in [-0.15, -0.1) is 11.8 Å². The lowest BCUT2D eigenvalue weighted by Crippen LogP contribution is -2.48. The minimum atomic E-state index is -1.54. The van der Waals surface area contributed by atoms with E-state index in [0.29, 0.717) is 46.4 Å². The molecule has 2 aliphatic rings. The number of carbonyl (C=O) groups excluding carboxylic acids is 1. The Labute approximate surface area is 190 Å². The highest BCUT2D eigenvalue weighted by molar-refractivity contribution is 8.03. The molecule has 8 heteroatoms. The van der Waals surface area contributed by atoms with Gasteiger partial charge in [-0.25, -0.2) is 0 Å². The van der Waals surface area contributed by atoms with Crippen molar-refractivity contribution in [1.29, 1.82) is 5.26 Å². The summed E-state index contributed by atoms with van der Waals surface area (Å²) >= 11 is 1.30. The van der Waals surface area contributed by atoms with Crippen LogP contribution < -0.4 is 9.47 Å². The summed E-state index contributed by atoms with van der Waals surface area (Å²) in [6.45, 7) is 4.62. The molecule has 0 aliphatic carbocycles. The molecular formula is C24H24N2O5S. The SMILES string of the molecule is CCOc1ccc([C@]2(O)CSC3=C(C#N)[C@@H](c4ccc(O)c(OCC)c4)CC(=O)N32)cc1. The Kier molecular flexibility index (Phi) is 6.04. The number of nitriles is 1. The third-order valence-corrected chi connectivity index (χ3v) is 6.85. The van der Waals surface area contributed by atoms with E-state index in [1.807, 2.05) is 13.8 Å². The number of carbonyl (C=O) groups is 1. The van der Waals surface area contributed by atoms with Crippen LogP contribution in [0.3, 0.4) is 0 Å². The molecule has 1 amide bonds. The largest absolute Gasteiger partial charge is 0.504 e. The molecule has 0 unspecified atom stereocenters. The summed E-state index contributed by atoms with van der Waals surface area (Å²) in [4.78, 5) is 14.6. The molecular weight excluding hydrogens is 428 g/mol. The summed E-state index contributed by atoms with van der Waals surface area (Å²) in [6.07, 6.45) is 0.0304. The normalized spacial score (nSPS) is 22.5. The quantitative estimate of drug-likeness (QED) is 0.686. The molecule has 2 aromatic carbocycles. The average Bonchev–Trinajstić information content (AvgIpc) is 3.15. The number of ether oxygens (including phenoxy) is 2. The van der Waals surface area contributed by atoms with E-state index in [-0.39, 0.29) is 23.8 Å². The van der Waals surface area contributed by atoms with Crippen LogP contribution in [0.2, 0.25) is 0 Å². The van der Waals surface area contributed by atoms with Crippen molar-refractivity contribution in [3.05, 3.63) is 64.2 Å². The fraction of sp³-hybridized carbons (Fsp3) is 0.333. The molecule has 2 N–H and O–H groups in total. The third kappa shape index (κ3) is 3.68. The fourth-order valence-corrected chi connectivity index (χ4v) is 5.49. The smallest absolute Gasteiger partial charge is 0.231 e. The average molecular weight is 453 g/mol. The molecule has 32 heavy (non-hydrogen) atoms. The molecule has 0 bridgehead atoms. The van der Waals surface area contributed by atoms with Gasteiger partial charge in [0, 0.05) is 17.9 Å². The standard InChI is InChI=1S/C24H24N2O5S/c1-3-30-17-8-6-16(7-9-17)24(29)14-32-23-19(13-25)18(12-22(28)26(23)24)15-5-10-20(27)21(11-15)31-4-2/h5-11,18,27,29H,3-4,12,14H2,1-2H3/t18-,24-/m1/s1.